The molecule has 0 heterocycles. The Balaban J connectivity index is 3.11. The van der Waals surface area contributed by atoms with Crippen LogP contribution in [0, 0.1) is 0 Å². The van der Waals surface area contributed by atoms with Crippen LogP contribution in [0.4, 0.5) is 5.69 Å². The molecule has 0 aromatic heterocycles. The van der Waals surface area contributed by atoms with Crippen LogP contribution in [0.25, 0.3) is 0 Å². The van der Waals surface area contributed by atoms with Crippen molar-refractivity contribution in [1.82, 2.24) is 0 Å². The van der Waals surface area contributed by atoms with Gasteiger partial charge in [0.1, 0.15) is 15.7 Å². The maximum Gasteiger partial charge on any atom is 0.337 e. The number of carboxylic acid groups (broad SMARTS) is 1. The molecule has 6 heteroatoms. The average Bonchev–Trinajstić information content (AvgIpc) is 2.17. The van der Waals surface area contributed by atoms with Gasteiger partial charge in [0, 0.05) is 0 Å². The van der Waals surface area contributed by atoms with E-state index in [-0.39, 0.29) is 11.5 Å². The molecule has 0 saturated heterocycles. The van der Waals surface area contributed by atoms with Crippen molar-refractivity contribution < 1.29 is 14.7 Å². The number of hydrogen-bond donors (Lipinski definition) is 2. The maximum atomic E-state index is 11.2. The first-order valence-electron chi connectivity index (χ1n) is 4.69. The van der Waals surface area contributed by atoms with Crippen molar-refractivity contribution in [3.05, 3.63) is 23.8 Å². The molecule has 1 aromatic rings. The van der Waals surface area contributed by atoms with Gasteiger partial charge in [-0.25, -0.2) is 4.79 Å². The molecule has 0 saturated carbocycles. The zero-order chi connectivity index (χ0) is 11.4. The third-order valence-electron chi connectivity index (χ3n) is 2.08. The third kappa shape index (κ3) is 2.62. The summed E-state index contributed by atoms with van der Waals surface area (Å²) in [6, 6.07) is 5.00. The van der Waals surface area contributed by atoms with E-state index in [9.17, 15) is 9.59 Å². The predicted octanol–water partition coefficient (Wildman–Crippen LogP) is -1.37. The van der Waals surface area contributed by atoms with Gasteiger partial charge in [-0.2, -0.15) is 0 Å². The Morgan fingerprint density at radius 3 is 2.60 bits per heavy atom. The summed E-state index contributed by atoms with van der Waals surface area (Å²) in [5.41, 5.74) is 1.14. The largest absolute Gasteiger partial charge is 0.478 e. The van der Waals surface area contributed by atoms with Crippen LogP contribution in [0.1, 0.15) is 10.4 Å². The molecule has 0 aliphatic rings. The summed E-state index contributed by atoms with van der Waals surface area (Å²) in [5, 5.41) is 11.5. The van der Waals surface area contributed by atoms with Gasteiger partial charge in [-0.3, -0.25) is 4.79 Å². The number of benzene rings is 1. The normalized spacial score (nSPS) is 9.60. The highest BCUT2D eigenvalue weighted by atomic mass is 16.4. The van der Waals surface area contributed by atoms with E-state index < -0.39 is 5.97 Å². The van der Waals surface area contributed by atoms with Crippen LogP contribution in [0.3, 0.4) is 0 Å². The smallest absolute Gasteiger partial charge is 0.337 e. The summed E-state index contributed by atoms with van der Waals surface area (Å²) in [4.78, 5) is 22.1. The van der Waals surface area contributed by atoms with E-state index in [1.54, 1.807) is 33.9 Å². The molecular weight excluding hydrogens is 192 g/mol. The van der Waals surface area contributed by atoms with Crippen molar-refractivity contribution >= 4 is 38.7 Å². The number of rotatable bonds is 3. The molecule has 4 nitrogen and oxygen atoms in total. The fraction of sp³-hybridized carbons (Fsp3) is 0.111. The van der Waals surface area contributed by atoms with Crippen LogP contribution in [0.5, 0.6) is 0 Å². The van der Waals surface area contributed by atoms with Gasteiger partial charge in [-0.15, -0.1) is 0 Å². The standard InChI is InChI=1S/C9H11B2NO3/c10-4-7(13)12-6-3-1-2-5(11)8(6)9(14)15/h1-3H,4,10-11H2,(H,12,13)(H,14,15). The lowest BCUT2D eigenvalue weighted by atomic mass is 9.89. The molecule has 1 aromatic carbocycles. The summed E-state index contributed by atoms with van der Waals surface area (Å²) in [5.74, 6) is -1.22. The molecular formula is C9H11B2NO3. The Bertz CT molecular complexity index is 406. The van der Waals surface area contributed by atoms with E-state index in [0.29, 0.717) is 17.5 Å². The molecule has 0 unspecified atom stereocenters. The van der Waals surface area contributed by atoms with E-state index in [1.165, 1.54) is 0 Å². The third-order valence-corrected chi connectivity index (χ3v) is 2.08. The van der Waals surface area contributed by atoms with E-state index in [1.807, 2.05) is 0 Å². The Morgan fingerprint density at radius 1 is 1.40 bits per heavy atom. The highest BCUT2D eigenvalue weighted by molar-refractivity contribution is 6.37. The molecule has 0 aliphatic heterocycles. The SMILES string of the molecule is BCC(=O)Nc1cccc(B)c1C(=O)O. The Kier molecular flexibility index (Phi) is 3.55. The van der Waals surface area contributed by atoms with Gasteiger partial charge in [0.15, 0.2) is 0 Å². The second-order valence-corrected chi connectivity index (χ2v) is 3.20. The van der Waals surface area contributed by atoms with Crippen molar-refractivity contribution in [2.75, 3.05) is 5.32 Å². The van der Waals surface area contributed by atoms with E-state index in [0.717, 1.165) is 0 Å². The second kappa shape index (κ2) is 4.68. The minimum Gasteiger partial charge on any atom is -0.478 e. The minimum absolute atomic E-state index is 0.152. The second-order valence-electron chi connectivity index (χ2n) is 3.20. The lowest BCUT2D eigenvalue weighted by Crippen LogP contribution is -2.21. The number of aromatic carboxylic acids is 1. The average molecular weight is 203 g/mol. The van der Waals surface area contributed by atoms with E-state index >= 15 is 0 Å². The minimum atomic E-state index is -1.03. The van der Waals surface area contributed by atoms with Crippen molar-refractivity contribution in [3.8, 4) is 0 Å². The molecule has 1 rings (SSSR count). The number of carboxylic acids is 1. The molecule has 0 bridgehead atoms. The summed E-state index contributed by atoms with van der Waals surface area (Å²) in [7, 11) is 3.41. The van der Waals surface area contributed by atoms with Gasteiger partial charge in [-0.05, 0) is 12.4 Å². The Morgan fingerprint density at radius 2 is 2.07 bits per heavy atom. The number of anilines is 1. The first kappa shape index (κ1) is 11.4. The molecule has 0 atom stereocenters. The molecule has 0 radical (unpaired) electrons. The zero-order valence-electron chi connectivity index (χ0n) is 8.70. The lowest BCUT2D eigenvalue weighted by Gasteiger charge is -2.09. The van der Waals surface area contributed by atoms with Crippen LogP contribution in [0.2, 0.25) is 6.32 Å². The van der Waals surface area contributed by atoms with Crippen molar-refractivity contribution in [2.45, 2.75) is 6.32 Å². The highest BCUT2D eigenvalue weighted by Crippen LogP contribution is 2.12. The van der Waals surface area contributed by atoms with Gasteiger partial charge in [0.2, 0.25) is 5.91 Å². The molecule has 76 valence electrons. The first-order chi connectivity index (χ1) is 7.06. The monoisotopic (exact) mass is 203 g/mol. The van der Waals surface area contributed by atoms with Crippen molar-refractivity contribution in [2.24, 2.45) is 0 Å². The van der Waals surface area contributed by atoms with Gasteiger partial charge in [0.05, 0.1) is 11.3 Å². The lowest BCUT2D eigenvalue weighted by molar-refractivity contribution is -0.114. The van der Waals surface area contributed by atoms with E-state index in [2.05, 4.69) is 5.32 Å². The number of amides is 1. The Hall–Kier alpha value is -1.71. The number of carbonyl (C=O) groups excluding carboxylic acids is 1. The quantitative estimate of drug-likeness (QED) is 0.595. The highest BCUT2D eigenvalue weighted by Gasteiger charge is 2.13. The number of hydrogen-bond acceptors (Lipinski definition) is 2. The summed E-state index contributed by atoms with van der Waals surface area (Å²) in [6.07, 6.45) is 0.326. The molecule has 0 spiro atoms. The van der Waals surface area contributed by atoms with Crippen molar-refractivity contribution in [3.63, 3.8) is 0 Å². The van der Waals surface area contributed by atoms with Gasteiger partial charge in [-0.1, -0.05) is 17.6 Å². The molecule has 0 aliphatic carbocycles. The number of carbonyl (C=O) groups is 2. The fourth-order valence-corrected chi connectivity index (χ4v) is 1.29. The van der Waals surface area contributed by atoms with Crippen LogP contribution in [-0.2, 0) is 4.79 Å². The van der Waals surface area contributed by atoms with Crippen LogP contribution >= 0.6 is 0 Å². The molecule has 15 heavy (non-hydrogen) atoms. The van der Waals surface area contributed by atoms with Gasteiger partial charge >= 0.3 is 5.97 Å². The summed E-state index contributed by atoms with van der Waals surface area (Å²) >= 11 is 0. The van der Waals surface area contributed by atoms with E-state index in [4.69, 9.17) is 5.11 Å². The molecule has 2 N–H and O–H groups in total. The molecule has 1 amide bonds. The van der Waals surface area contributed by atoms with Gasteiger partial charge < -0.3 is 10.4 Å². The van der Waals surface area contributed by atoms with Crippen LogP contribution < -0.4 is 10.8 Å². The van der Waals surface area contributed by atoms with Crippen molar-refractivity contribution in [1.29, 1.82) is 0 Å². The van der Waals surface area contributed by atoms with Crippen LogP contribution in [0.15, 0.2) is 18.2 Å². The first-order valence-corrected chi connectivity index (χ1v) is 4.69. The number of nitrogens with one attached hydrogen (secondary N) is 1. The molecule has 0 fully saturated rings. The predicted molar refractivity (Wildman–Crippen MR) is 63.6 cm³/mol. The fourth-order valence-electron chi connectivity index (χ4n) is 1.29. The topological polar surface area (TPSA) is 66.4 Å². The van der Waals surface area contributed by atoms with Crippen LogP contribution in [-0.4, -0.2) is 32.7 Å². The maximum absolute atomic E-state index is 11.2. The zero-order valence-corrected chi connectivity index (χ0v) is 8.70. The summed E-state index contributed by atoms with van der Waals surface area (Å²) < 4.78 is 0. The van der Waals surface area contributed by atoms with Gasteiger partial charge in [0.25, 0.3) is 0 Å². The summed E-state index contributed by atoms with van der Waals surface area (Å²) in [6.45, 7) is 0. The Labute approximate surface area is 89.5 Å².